The molecular weight excluding hydrogens is 705 g/mol. The molecule has 3 amide bonds. The molecule has 6 aromatic rings. The van der Waals surface area contributed by atoms with Crippen molar-refractivity contribution in [1.29, 1.82) is 0 Å². The lowest BCUT2D eigenvalue weighted by Crippen LogP contribution is -2.52. The zero-order chi connectivity index (χ0) is 38.0. The van der Waals surface area contributed by atoms with Gasteiger partial charge in [-0.15, -0.1) is 0 Å². The van der Waals surface area contributed by atoms with Gasteiger partial charge in [-0.2, -0.15) is 0 Å². The number of aromatic nitrogens is 4. The minimum absolute atomic E-state index is 0.184. The highest BCUT2D eigenvalue weighted by atomic mass is 16.5. The first-order chi connectivity index (χ1) is 27.4. The topological polar surface area (TPSA) is 139 Å². The van der Waals surface area contributed by atoms with Crippen LogP contribution in [0, 0.1) is 17.8 Å². The zero-order valence-electron chi connectivity index (χ0n) is 30.8. The van der Waals surface area contributed by atoms with E-state index < -0.39 is 11.9 Å². The normalized spacial score (nSPS) is 19.0. The monoisotopic (exact) mass is 744 g/mol. The van der Waals surface area contributed by atoms with Crippen molar-refractivity contribution in [1.82, 2.24) is 30.2 Å². The fraction of sp³-hybridized carbons (Fsp3) is 0.289. The number of benzene rings is 2. The highest BCUT2D eigenvalue weighted by Gasteiger charge is 2.39. The number of amides is 3. The summed E-state index contributed by atoms with van der Waals surface area (Å²) in [6.07, 6.45) is 13.0. The van der Waals surface area contributed by atoms with Gasteiger partial charge in [-0.25, -0.2) is 4.98 Å². The van der Waals surface area contributed by atoms with E-state index in [0.29, 0.717) is 43.5 Å². The molecule has 1 saturated heterocycles. The van der Waals surface area contributed by atoms with E-state index in [2.05, 4.69) is 68.5 Å². The molecule has 9 rings (SSSR count). The van der Waals surface area contributed by atoms with Gasteiger partial charge >= 0.3 is 0 Å². The number of H-pyrrole nitrogens is 1. The van der Waals surface area contributed by atoms with Crippen LogP contribution >= 0.6 is 0 Å². The Kier molecular flexibility index (Phi) is 9.71. The molecule has 1 aliphatic carbocycles. The first-order valence-corrected chi connectivity index (χ1v) is 19.2. The van der Waals surface area contributed by atoms with Crippen LogP contribution < -0.4 is 10.1 Å². The maximum absolute atomic E-state index is 12.9. The van der Waals surface area contributed by atoms with E-state index in [1.165, 1.54) is 5.56 Å². The molecule has 2 aliphatic heterocycles. The van der Waals surface area contributed by atoms with Gasteiger partial charge < -0.3 is 19.4 Å². The van der Waals surface area contributed by atoms with Crippen LogP contribution in [0.3, 0.4) is 0 Å². The Morgan fingerprint density at radius 3 is 2.62 bits per heavy atom. The van der Waals surface area contributed by atoms with Crippen LogP contribution in [-0.4, -0.2) is 67.9 Å². The molecule has 2 aromatic carbocycles. The summed E-state index contributed by atoms with van der Waals surface area (Å²) in [4.78, 5) is 55.3. The fourth-order valence-electron chi connectivity index (χ4n) is 7.98. The van der Waals surface area contributed by atoms with Gasteiger partial charge in [0.05, 0.1) is 0 Å². The molecule has 1 saturated carbocycles. The van der Waals surface area contributed by atoms with Crippen LogP contribution in [0.15, 0.2) is 91.5 Å². The number of aryl methyl sites for hydroxylation is 1. The molecule has 2 N–H and O–H groups in total. The molecule has 1 unspecified atom stereocenters. The summed E-state index contributed by atoms with van der Waals surface area (Å²) in [5.74, 6) is 6.51. The van der Waals surface area contributed by atoms with Crippen molar-refractivity contribution in [3.05, 3.63) is 119 Å². The van der Waals surface area contributed by atoms with Gasteiger partial charge in [-0.05, 0) is 104 Å². The number of rotatable bonds is 11. The lowest BCUT2D eigenvalue weighted by atomic mass is 9.78. The Bertz CT molecular complexity index is 2510. The number of carbonyl (C=O) groups excluding carboxylic acids is 3. The Morgan fingerprint density at radius 2 is 1.79 bits per heavy atom. The first kappa shape index (κ1) is 35.3. The summed E-state index contributed by atoms with van der Waals surface area (Å²) < 4.78 is 11.9. The molecule has 1 atom stereocenters. The molecule has 11 nitrogen and oxygen atoms in total. The molecule has 56 heavy (non-hydrogen) atoms. The van der Waals surface area contributed by atoms with Gasteiger partial charge in [-0.3, -0.25) is 29.7 Å². The number of imide groups is 1. The van der Waals surface area contributed by atoms with Crippen molar-refractivity contribution in [3.63, 3.8) is 0 Å². The molecular formula is C45H40N6O5. The summed E-state index contributed by atoms with van der Waals surface area (Å²) in [6, 6.07) is 21.6. The van der Waals surface area contributed by atoms with Gasteiger partial charge in [0.15, 0.2) is 0 Å². The summed E-state index contributed by atoms with van der Waals surface area (Å²) >= 11 is 0. The standard InChI is InChI=1S/C45H40N6O5/c52-42-13-12-41(44(53)50-42)51-27-33-20-28(6-10-36(33)45(51)54)3-1-17-55-18-2-4-34-9-5-29(24-47-34)19-30-21-35(22-30)56-43-14-8-32(25-48-43)31-7-11-37-38-26-46-16-15-39(38)49-40(37)23-31/h5-11,14-16,20,23-26,30,35,41,49H,2,4,12-13,17-19,21-22,27H2,(H,50,52,53)/t30-,35-,41?. The average Bonchev–Trinajstić information content (AvgIpc) is 3.73. The van der Waals surface area contributed by atoms with Gasteiger partial charge in [-0.1, -0.05) is 30.0 Å². The number of ether oxygens (including phenoxy) is 2. The minimum atomic E-state index is -0.626. The largest absolute Gasteiger partial charge is 0.474 e. The van der Waals surface area contributed by atoms with E-state index in [4.69, 9.17) is 14.5 Å². The van der Waals surface area contributed by atoms with Crippen LogP contribution in [0.2, 0.25) is 0 Å². The number of nitrogens with one attached hydrogen (secondary N) is 2. The molecule has 2 fully saturated rings. The first-order valence-electron chi connectivity index (χ1n) is 19.2. The molecule has 4 aromatic heterocycles. The molecule has 0 bridgehead atoms. The Balaban J connectivity index is 0.670. The van der Waals surface area contributed by atoms with Crippen LogP contribution in [0.1, 0.15) is 64.8 Å². The molecule has 11 heteroatoms. The predicted molar refractivity (Wildman–Crippen MR) is 210 cm³/mol. The van der Waals surface area contributed by atoms with Crippen molar-refractivity contribution in [2.45, 2.75) is 63.6 Å². The second-order valence-electron chi connectivity index (χ2n) is 14.9. The van der Waals surface area contributed by atoms with Crippen molar-refractivity contribution in [3.8, 4) is 28.8 Å². The van der Waals surface area contributed by atoms with E-state index in [-0.39, 0.29) is 24.3 Å². The number of carbonyl (C=O) groups is 3. The van der Waals surface area contributed by atoms with E-state index in [1.807, 2.05) is 42.9 Å². The van der Waals surface area contributed by atoms with Gasteiger partial charge in [0.2, 0.25) is 17.7 Å². The maximum Gasteiger partial charge on any atom is 0.255 e. The zero-order valence-corrected chi connectivity index (χ0v) is 30.8. The SMILES string of the molecule is O=C1CCC(N2Cc3cc(C#CCOCCCc4ccc(C[C@H]5C[C@H](Oc6ccc(-c7ccc8c(c7)[nH]c7ccncc78)cn6)C5)cn4)ccc3C2=O)C(=O)N1. The van der Waals surface area contributed by atoms with Crippen LogP contribution in [0.5, 0.6) is 5.88 Å². The van der Waals surface area contributed by atoms with E-state index in [9.17, 15) is 14.4 Å². The van der Waals surface area contributed by atoms with Gasteiger partial charge in [0, 0.05) is 94.6 Å². The number of fused-ring (bicyclic) bond motifs is 4. The van der Waals surface area contributed by atoms with Gasteiger partial charge in [0.25, 0.3) is 5.91 Å². The molecule has 6 heterocycles. The Labute approximate surface area is 323 Å². The Morgan fingerprint density at radius 1 is 0.875 bits per heavy atom. The number of nitrogens with zero attached hydrogens (tertiary/aromatic N) is 4. The number of hydrogen-bond acceptors (Lipinski definition) is 8. The maximum atomic E-state index is 12.9. The summed E-state index contributed by atoms with van der Waals surface area (Å²) in [5, 5.41) is 4.62. The molecule has 280 valence electrons. The third-order valence-electron chi connectivity index (χ3n) is 11.0. The van der Waals surface area contributed by atoms with Gasteiger partial charge in [0.1, 0.15) is 18.8 Å². The number of aromatic amines is 1. The number of pyridine rings is 3. The lowest BCUT2D eigenvalue weighted by molar-refractivity contribution is -0.136. The molecule has 0 spiro atoms. The van der Waals surface area contributed by atoms with Crippen molar-refractivity contribution in [2.24, 2.45) is 5.92 Å². The smallest absolute Gasteiger partial charge is 0.255 e. The minimum Gasteiger partial charge on any atom is -0.474 e. The fourth-order valence-corrected chi connectivity index (χ4v) is 7.98. The predicted octanol–water partition coefficient (Wildman–Crippen LogP) is 6.34. The quantitative estimate of drug-likeness (QED) is 0.0892. The second kappa shape index (κ2) is 15.4. The average molecular weight is 745 g/mol. The molecule has 3 aliphatic rings. The third kappa shape index (κ3) is 7.48. The van der Waals surface area contributed by atoms with Crippen molar-refractivity contribution >= 4 is 39.5 Å². The highest BCUT2D eigenvalue weighted by Crippen LogP contribution is 2.35. The van der Waals surface area contributed by atoms with E-state index >= 15 is 0 Å². The van der Waals surface area contributed by atoms with E-state index in [0.717, 1.165) is 81.9 Å². The third-order valence-corrected chi connectivity index (χ3v) is 11.0. The van der Waals surface area contributed by atoms with Crippen LogP contribution in [-0.2, 0) is 33.7 Å². The van der Waals surface area contributed by atoms with Crippen LogP contribution in [0.4, 0.5) is 0 Å². The molecule has 0 radical (unpaired) electrons. The second-order valence-corrected chi connectivity index (χ2v) is 14.9. The summed E-state index contributed by atoms with van der Waals surface area (Å²) in [6.45, 7) is 1.22. The lowest BCUT2D eigenvalue weighted by Gasteiger charge is -2.35. The van der Waals surface area contributed by atoms with E-state index in [1.54, 1.807) is 17.2 Å². The summed E-state index contributed by atoms with van der Waals surface area (Å²) in [5.41, 5.74) is 8.81. The highest BCUT2D eigenvalue weighted by molar-refractivity contribution is 6.08. The van der Waals surface area contributed by atoms with Crippen molar-refractivity contribution < 1.29 is 23.9 Å². The summed E-state index contributed by atoms with van der Waals surface area (Å²) in [7, 11) is 0. The number of hydrogen-bond donors (Lipinski definition) is 2. The van der Waals surface area contributed by atoms with Crippen molar-refractivity contribution in [2.75, 3.05) is 13.2 Å². The van der Waals surface area contributed by atoms with Crippen LogP contribution in [0.25, 0.3) is 32.9 Å². The Hall–Kier alpha value is -6.38. The number of piperidine rings is 1.